The molecule has 0 spiro atoms. The van der Waals surface area contributed by atoms with E-state index >= 15 is 0 Å². The third-order valence-electron chi connectivity index (χ3n) is 3.89. The topological polar surface area (TPSA) is 56.4 Å². The number of nitrogens with one attached hydrogen (secondary N) is 3. The summed E-state index contributed by atoms with van der Waals surface area (Å²) in [4.78, 5) is 13.3. The summed E-state index contributed by atoms with van der Waals surface area (Å²) in [6.07, 6.45) is -4.09. The zero-order valence-corrected chi connectivity index (χ0v) is 13.2. The molecule has 0 aromatic carbocycles. The first kappa shape index (κ1) is 17.8. The van der Waals surface area contributed by atoms with Gasteiger partial charge >= 0.3 is 6.18 Å². The van der Waals surface area contributed by atoms with Crippen molar-refractivity contribution in [3.05, 3.63) is 0 Å². The van der Waals surface area contributed by atoms with Crippen molar-refractivity contribution in [2.24, 2.45) is 0 Å². The number of rotatable bonds is 5. The molecule has 0 aromatic rings. The van der Waals surface area contributed by atoms with Crippen molar-refractivity contribution >= 4 is 17.7 Å². The molecule has 9 heteroatoms. The lowest BCUT2D eigenvalue weighted by atomic mass is 10.2. The lowest BCUT2D eigenvalue weighted by Crippen LogP contribution is -2.57. The van der Waals surface area contributed by atoms with E-state index < -0.39 is 12.2 Å². The first-order valence-corrected chi connectivity index (χ1v) is 8.71. The molecule has 5 nitrogen and oxygen atoms in total. The third-order valence-corrected chi connectivity index (χ3v) is 5.02. The highest BCUT2D eigenvalue weighted by Crippen LogP contribution is 2.24. The second kappa shape index (κ2) is 8.37. The maximum atomic E-state index is 13.2. The second-order valence-electron chi connectivity index (χ2n) is 5.58. The van der Waals surface area contributed by atoms with Crippen LogP contribution in [-0.2, 0) is 4.79 Å². The van der Waals surface area contributed by atoms with Crippen molar-refractivity contribution < 1.29 is 18.0 Å². The Morgan fingerprint density at radius 3 is 2.64 bits per heavy atom. The minimum absolute atomic E-state index is 0.0577. The molecular formula is C13H23F3N4OS. The third kappa shape index (κ3) is 5.60. The largest absolute Gasteiger partial charge is 0.405 e. The molecule has 2 unspecified atom stereocenters. The summed E-state index contributed by atoms with van der Waals surface area (Å²) < 4.78 is 39.6. The fourth-order valence-corrected chi connectivity index (χ4v) is 3.65. The zero-order valence-electron chi connectivity index (χ0n) is 12.4. The van der Waals surface area contributed by atoms with Crippen LogP contribution in [0.15, 0.2) is 0 Å². The number of hydrogen-bond donors (Lipinski definition) is 3. The summed E-state index contributed by atoms with van der Waals surface area (Å²) in [5, 5.41) is 8.71. The van der Waals surface area contributed by atoms with E-state index in [1.54, 1.807) is 11.8 Å². The molecule has 2 heterocycles. The van der Waals surface area contributed by atoms with Gasteiger partial charge in [-0.15, -0.1) is 0 Å². The van der Waals surface area contributed by atoms with Crippen molar-refractivity contribution in [2.45, 2.75) is 24.7 Å². The lowest BCUT2D eigenvalue weighted by molar-refractivity contribution is -0.184. The van der Waals surface area contributed by atoms with Crippen molar-refractivity contribution in [2.75, 3.05) is 50.8 Å². The smallest absolute Gasteiger partial charge is 0.354 e. The Morgan fingerprint density at radius 1 is 1.32 bits per heavy atom. The molecular weight excluding hydrogens is 317 g/mol. The summed E-state index contributed by atoms with van der Waals surface area (Å²) in [6.45, 7) is 2.26. The fraction of sp³-hybridized carbons (Fsp3) is 0.923. The van der Waals surface area contributed by atoms with Crippen LogP contribution in [-0.4, -0.2) is 79.8 Å². The van der Waals surface area contributed by atoms with E-state index in [0.29, 0.717) is 26.2 Å². The van der Waals surface area contributed by atoms with Gasteiger partial charge in [0.25, 0.3) is 0 Å². The Hall–Kier alpha value is -0.510. The highest BCUT2D eigenvalue weighted by molar-refractivity contribution is 7.99. The zero-order chi connectivity index (χ0) is 16.0. The van der Waals surface area contributed by atoms with Gasteiger partial charge in [-0.05, 0) is 0 Å². The van der Waals surface area contributed by atoms with Gasteiger partial charge in [0.1, 0.15) is 6.04 Å². The first-order chi connectivity index (χ1) is 10.5. The monoisotopic (exact) mass is 340 g/mol. The number of nitrogens with zero attached hydrogens (tertiary/aromatic N) is 1. The molecule has 0 radical (unpaired) electrons. The van der Waals surface area contributed by atoms with Gasteiger partial charge in [-0.1, -0.05) is 0 Å². The normalized spacial score (nSPS) is 25.7. The Balaban J connectivity index is 1.80. The Kier molecular flexibility index (Phi) is 6.79. The Morgan fingerprint density at radius 2 is 2.05 bits per heavy atom. The van der Waals surface area contributed by atoms with Crippen LogP contribution < -0.4 is 16.0 Å². The van der Waals surface area contributed by atoms with E-state index in [2.05, 4.69) is 16.0 Å². The SMILES string of the molecule is O=C(CC1CSCCN1)NCC(N1CCNCC1)C(F)(F)F. The predicted molar refractivity (Wildman–Crippen MR) is 81.0 cm³/mol. The molecule has 2 saturated heterocycles. The molecule has 2 atom stereocenters. The maximum absolute atomic E-state index is 13.2. The van der Waals surface area contributed by atoms with Crippen LogP contribution in [0.2, 0.25) is 0 Å². The quantitative estimate of drug-likeness (QED) is 0.660. The fourth-order valence-electron chi connectivity index (χ4n) is 2.70. The second-order valence-corrected chi connectivity index (χ2v) is 6.73. The molecule has 0 aliphatic carbocycles. The van der Waals surface area contributed by atoms with Crippen molar-refractivity contribution in [1.29, 1.82) is 0 Å². The van der Waals surface area contributed by atoms with E-state index in [-0.39, 0.29) is 24.9 Å². The van der Waals surface area contributed by atoms with E-state index in [0.717, 1.165) is 18.1 Å². The first-order valence-electron chi connectivity index (χ1n) is 7.56. The van der Waals surface area contributed by atoms with Crippen LogP contribution in [0.5, 0.6) is 0 Å². The predicted octanol–water partition coefficient (Wildman–Crippen LogP) is 0.0338. The Labute approximate surface area is 132 Å². The summed E-state index contributed by atoms with van der Waals surface area (Å²) in [5.74, 6) is 1.52. The molecule has 3 N–H and O–H groups in total. The van der Waals surface area contributed by atoms with Gasteiger partial charge in [-0.3, -0.25) is 9.69 Å². The van der Waals surface area contributed by atoms with Gasteiger partial charge in [-0.2, -0.15) is 24.9 Å². The minimum atomic E-state index is -4.33. The number of thioether (sulfide) groups is 1. The molecule has 1 amide bonds. The van der Waals surface area contributed by atoms with Crippen LogP contribution in [0.1, 0.15) is 6.42 Å². The molecule has 2 fully saturated rings. The maximum Gasteiger partial charge on any atom is 0.405 e. The van der Waals surface area contributed by atoms with Crippen LogP contribution in [0.3, 0.4) is 0 Å². The molecule has 2 aliphatic heterocycles. The van der Waals surface area contributed by atoms with Gasteiger partial charge in [0.2, 0.25) is 5.91 Å². The summed E-state index contributed by atoms with van der Waals surface area (Å²) >= 11 is 1.76. The van der Waals surface area contributed by atoms with Gasteiger partial charge in [-0.25, -0.2) is 0 Å². The molecule has 2 aliphatic rings. The summed E-state index contributed by atoms with van der Waals surface area (Å²) in [6, 6.07) is -1.55. The van der Waals surface area contributed by atoms with Gasteiger partial charge in [0.05, 0.1) is 0 Å². The minimum Gasteiger partial charge on any atom is -0.354 e. The number of amides is 1. The molecule has 22 heavy (non-hydrogen) atoms. The van der Waals surface area contributed by atoms with E-state index in [1.165, 1.54) is 4.90 Å². The number of halogens is 3. The molecule has 128 valence electrons. The van der Waals surface area contributed by atoms with Crippen molar-refractivity contribution in [3.8, 4) is 0 Å². The molecule has 2 rings (SSSR count). The van der Waals surface area contributed by atoms with Crippen molar-refractivity contribution in [1.82, 2.24) is 20.9 Å². The van der Waals surface area contributed by atoms with Gasteiger partial charge < -0.3 is 16.0 Å². The average Bonchev–Trinajstić information content (AvgIpc) is 2.48. The number of carbonyl (C=O) groups is 1. The lowest BCUT2D eigenvalue weighted by Gasteiger charge is -2.36. The standard InChI is InChI=1S/C13H23F3N4OS/c14-13(15,16)11(20-4-1-17-2-5-20)8-19-12(21)7-10-9-22-6-3-18-10/h10-11,17-18H,1-9H2,(H,19,21). The van der Waals surface area contributed by atoms with E-state index in [1.807, 2.05) is 0 Å². The van der Waals surface area contributed by atoms with Crippen LogP contribution in [0.4, 0.5) is 13.2 Å². The molecule has 0 bridgehead atoms. The van der Waals surface area contributed by atoms with E-state index in [4.69, 9.17) is 0 Å². The number of piperazine rings is 1. The number of carbonyl (C=O) groups excluding carboxylic acids is 1. The highest BCUT2D eigenvalue weighted by Gasteiger charge is 2.43. The number of alkyl halides is 3. The van der Waals surface area contributed by atoms with Gasteiger partial charge in [0.15, 0.2) is 0 Å². The summed E-state index contributed by atoms with van der Waals surface area (Å²) in [5.41, 5.74) is 0. The van der Waals surface area contributed by atoms with Crippen LogP contribution >= 0.6 is 11.8 Å². The van der Waals surface area contributed by atoms with Crippen molar-refractivity contribution in [3.63, 3.8) is 0 Å². The molecule has 0 aromatic heterocycles. The van der Waals surface area contributed by atoms with Crippen LogP contribution in [0.25, 0.3) is 0 Å². The Bertz CT molecular complexity index is 358. The average molecular weight is 340 g/mol. The van der Waals surface area contributed by atoms with E-state index in [9.17, 15) is 18.0 Å². The molecule has 0 saturated carbocycles. The summed E-state index contributed by atoms with van der Waals surface area (Å²) in [7, 11) is 0. The highest BCUT2D eigenvalue weighted by atomic mass is 32.2. The van der Waals surface area contributed by atoms with Gasteiger partial charge in [0, 0.05) is 63.2 Å². The van der Waals surface area contributed by atoms with Crippen LogP contribution in [0, 0.1) is 0 Å². The number of hydrogen-bond acceptors (Lipinski definition) is 5.